The highest BCUT2D eigenvalue weighted by Gasteiger charge is 2.24. The van der Waals surface area contributed by atoms with Crippen LogP contribution in [-0.2, 0) is 11.2 Å². The van der Waals surface area contributed by atoms with Crippen LogP contribution in [0.25, 0.3) is 0 Å². The molecule has 0 saturated heterocycles. The molecule has 0 bridgehead atoms. The second-order valence-electron chi connectivity index (χ2n) is 5.89. The van der Waals surface area contributed by atoms with Gasteiger partial charge in [-0.3, -0.25) is 4.79 Å². The first kappa shape index (κ1) is 18.4. The minimum absolute atomic E-state index is 0.195. The fourth-order valence-electron chi connectivity index (χ4n) is 2.69. The van der Waals surface area contributed by atoms with Crippen LogP contribution in [0.2, 0.25) is 10.0 Å². The highest BCUT2D eigenvalue weighted by atomic mass is 35.5. The van der Waals surface area contributed by atoms with E-state index in [2.05, 4.69) is 20.8 Å². The standard InChI is InChI=1S/C18H17Cl2N5O/c1-12(15-8-7-14(19)10-16(15)20)22-18(26)17(25-11-21-23-24-25)9-13-5-3-2-4-6-13/h2-8,10-12,17H,9H2,1H3,(H,22,26)/t12-,17-/m0/s1. The van der Waals surface area contributed by atoms with E-state index in [0.717, 1.165) is 11.1 Å². The van der Waals surface area contributed by atoms with Crippen molar-refractivity contribution in [2.45, 2.75) is 25.4 Å². The number of aromatic nitrogens is 4. The van der Waals surface area contributed by atoms with E-state index in [1.54, 1.807) is 18.2 Å². The first-order valence-corrected chi connectivity index (χ1v) is 8.82. The fraction of sp³-hybridized carbons (Fsp3) is 0.222. The Labute approximate surface area is 161 Å². The van der Waals surface area contributed by atoms with Gasteiger partial charge in [-0.2, -0.15) is 0 Å². The van der Waals surface area contributed by atoms with Crippen LogP contribution < -0.4 is 5.32 Å². The zero-order valence-corrected chi connectivity index (χ0v) is 15.5. The molecule has 0 aliphatic carbocycles. The van der Waals surface area contributed by atoms with Crippen molar-refractivity contribution in [3.63, 3.8) is 0 Å². The van der Waals surface area contributed by atoms with Gasteiger partial charge in [0.15, 0.2) is 0 Å². The second-order valence-corrected chi connectivity index (χ2v) is 6.74. The number of hydrogen-bond donors (Lipinski definition) is 1. The third kappa shape index (κ3) is 4.39. The number of rotatable bonds is 6. The molecule has 0 saturated carbocycles. The topological polar surface area (TPSA) is 72.7 Å². The zero-order chi connectivity index (χ0) is 18.5. The van der Waals surface area contributed by atoms with Crippen molar-refractivity contribution in [1.29, 1.82) is 0 Å². The van der Waals surface area contributed by atoms with Crippen LogP contribution in [0, 0.1) is 0 Å². The Kier molecular flexibility index (Phi) is 5.85. The molecular formula is C18H17Cl2N5O. The lowest BCUT2D eigenvalue weighted by Gasteiger charge is -2.21. The first-order valence-electron chi connectivity index (χ1n) is 8.06. The Hall–Kier alpha value is -2.44. The van der Waals surface area contributed by atoms with Crippen LogP contribution in [-0.4, -0.2) is 26.1 Å². The summed E-state index contributed by atoms with van der Waals surface area (Å²) in [6.45, 7) is 1.87. The molecule has 0 aliphatic heterocycles. The predicted molar refractivity (Wildman–Crippen MR) is 100 cm³/mol. The molecule has 2 atom stereocenters. The SMILES string of the molecule is C[C@H](NC(=O)[C@H](Cc1ccccc1)n1cnnn1)c1ccc(Cl)cc1Cl. The van der Waals surface area contributed by atoms with Gasteiger partial charge in [-0.05, 0) is 40.6 Å². The molecule has 1 amide bonds. The van der Waals surface area contributed by atoms with Crippen LogP contribution in [0.15, 0.2) is 54.9 Å². The number of amides is 1. The molecule has 8 heteroatoms. The maximum atomic E-state index is 12.9. The summed E-state index contributed by atoms with van der Waals surface area (Å²) in [7, 11) is 0. The summed E-state index contributed by atoms with van der Waals surface area (Å²) in [6.07, 6.45) is 1.91. The second kappa shape index (κ2) is 8.29. The number of hydrogen-bond acceptors (Lipinski definition) is 4. The third-order valence-corrected chi connectivity index (χ3v) is 4.61. The number of carbonyl (C=O) groups is 1. The highest BCUT2D eigenvalue weighted by molar-refractivity contribution is 6.35. The van der Waals surface area contributed by atoms with E-state index in [9.17, 15) is 4.79 Å². The lowest BCUT2D eigenvalue weighted by Crippen LogP contribution is -2.36. The van der Waals surface area contributed by atoms with Crippen LogP contribution in [0.4, 0.5) is 0 Å². The van der Waals surface area contributed by atoms with Crippen LogP contribution in [0.5, 0.6) is 0 Å². The zero-order valence-electron chi connectivity index (χ0n) is 14.0. The van der Waals surface area contributed by atoms with E-state index in [4.69, 9.17) is 23.2 Å². The van der Waals surface area contributed by atoms with Crippen molar-refractivity contribution >= 4 is 29.1 Å². The van der Waals surface area contributed by atoms with Gasteiger partial charge in [0.2, 0.25) is 5.91 Å². The Morgan fingerprint density at radius 1 is 1.19 bits per heavy atom. The lowest BCUT2D eigenvalue weighted by atomic mass is 10.0. The molecule has 0 spiro atoms. The van der Waals surface area contributed by atoms with Gasteiger partial charge in [0.1, 0.15) is 12.4 Å². The molecule has 3 aromatic rings. The quantitative estimate of drug-likeness (QED) is 0.698. The minimum Gasteiger partial charge on any atom is -0.348 e. The van der Waals surface area contributed by atoms with Gasteiger partial charge in [-0.25, -0.2) is 4.68 Å². The van der Waals surface area contributed by atoms with Gasteiger partial charge < -0.3 is 5.32 Å². The number of nitrogens with one attached hydrogen (secondary N) is 1. The van der Waals surface area contributed by atoms with Gasteiger partial charge in [-0.15, -0.1) is 5.10 Å². The largest absolute Gasteiger partial charge is 0.348 e. The van der Waals surface area contributed by atoms with Crippen LogP contribution >= 0.6 is 23.2 Å². The molecule has 1 aromatic heterocycles. The average Bonchev–Trinajstić information content (AvgIpc) is 3.14. The summed E-state index contributed by atoms with van der Waals surface area (Å²) >= 11 is 12.2. The monoisotopic (exact) mass is 389 g/mol. The lowest BCUT2D eigenvalue weighted by molar-refractivity contribution is -0.125. The van der Waals surface area contributed by atoms with Crippen molar-refractivity contribution in [2.75, 3.05) is 0 Å². The molecule has 26 heavy (non-hydrogen) atoms. The van der Waals surface area contributed by atoms with Gasteiger partial charge in [0.25, 0.3) is 0 Å². The molecule has 134 valence electrons. The third-order valence-electron chi connectivity index (χ3n) is 4.05. The number of nitrogens with zero attached hydrogens (tertiary/aromatic N) is 4. The summed E-state index contributed by atoms with van der Waals surface area (Å²) in [6, 6.07) is 14.1. The van der Waals surface area contributed by atoms with E-state index in [-0.39, 0.29) is 11.9 Å². The van der Waals surface area contributed by atoms with Crippen molar-refractivity contribution in [2.24, 2.45) is 0 Å². The Bertz CT molecular complexity index is 871. The average molecular weight is 390 g/mol. The van der Waals surface area contributed by atoms with Crippen molar-refractivity contribution < 1.29 is 4.79 Å². The smallest absolute Gasteiger partial charge is 0.245 e. The molecule has 3 rings (SSSR count). The predicted octanol–water partition coefficient (Wildman–Crippen LogP) is 3.64. The summed E-state index contributed by atoms with van der Waals surface area (Å²) in [5.41, 5.74) is 1.81. The highest BCUT2D eigenvalue weighted by Crippen LogP contribution is 2.26. The van der Waals surface area contributed by atoms with E-state index in [1.807, 2.05) is 37.3 Å². The molecule has 1 heterocycles. The van der Waals surface area contributed by atoms with Crippen LogP contribution in [0.1, 0.15) is 30.1 Å². The van der Waals surface area contributed by atoms with Gasteiger partial charge >= 0.3 is 0 Å². The number of tetrazole rings is 1. The molecule has 6 nitrogen and oxygen atoms in total. The number of halogens is 2. The van der Waals surface area contributed by atoms with E-state index in [1.165, 1.54) is 11.0 Å². The molecule has 0 fully saturated rings. The number of benzene rings is 2. The molecule has 0 aliphatic rings. The van der Waals surface area contributed by atoms with Crippen molar-refractivity contribution in [3.8, 4) is 0 Å². The Morgan fingerprint density at radius 3 is 2.62 bits per heavy atom. The normalized spacial score (nSPS) is 13.2. The van der Waals surface area contributed by atoms with E-state index < -0.39 is 6.04 Å². The van der Waals surface area contributed by atoms with Crippen molar-refractivity contribution in [3.05, 3.63) is 76.0 Å². The Balaban J connectivity index is 1.79. The summed E-state index contributed by atoms with van der Waals surface area (Å²) in [4.78, 5) is 12.9. The van der Waals surface area contributed by atoms with E-state index >= 15 is 0 Å². The molecule has 0 radical (unpaired) electrons. The van der Waals surface area contributed by atoms with E-state index in [0.29, 0.717) is 16.5 Å². The maximum Gasteiger partial charge on any atom is 0.245 e. The summed E-state index contributed by atoms with van der Waals surface area (Å²) < 4.78 is 1.46. The molecular weight excluding hydrogens is 373 g/mol. The fourth-order valence-corrected chi connectivity index (χ4v) is 3.27. The van der Waals surface area contributed by atoms with Crippen LogP contribution in [0.3, 0.4) is 0 Å². The Morgan fingerprint density at radius 2 is 1.96 bits per heavy atom. The summed E-state index contributed by atoms with van der Waals surface area (Å²) in [5, 5.41) is 15.2. The molecule has 0 unspecified atom stereocenters. The van der Waals surface area contributed by atoms with Gasteiger partial charge in [-0.1, -0.05) is 59.6 Å². The number of carbonyl (C=O) groups excluding carboxylic acids is 1. The minimum atomic E-state index is -0.569. The molecule has 1 N–H and O–H groups in total. The van der Waals surface area contributed by atoms with Gasteiger partial charge in [0, 0.05) is 16.5 Å². The maximum absolute atomic E-state index is 12.9. The van der Waals surface area contributed by atoms with Crippen molar-refractivity contribution in [1.82, 2.24) is 25.5 Å². The molecule has 2 aromatic carbocycles. The first-order chi connectivity index (χ1) is 12.5. The van der Waals surface area contributed by atoms with Gasteiger partial charge in [0.05, 0.1) is 6.04 Å². The summed E-state index contributed by atoms with van der Waals surface area (Å²) in [5.74, 6) is -0.195.